The topological polar surface area (TPSA) is 29.5 Å². The van der Waals surface area contributed by atoms with E-state index in [4.69, 9.17) is 4.74 Å². The zero-order valence-electron chi connectivity index (χ0n) is 14.6. The molecule has 0 bridgehead atoms. The van der Waals surface area contributed by atoms with Crippen LogP contribution < -0.4 is 4.74 Å². The largest absolute Gasteiger partial charge is 0.497 e. The number of rotatable bonds is 5. The van der Waals surface area contributed by atoms with Crippen molar-refractivity contribution in [3.05, 3.63) is 65.5 Å². The number of benzene rings is 2. The highest BCUT2D eigenvalue weighted by atomic mass is 19.1. The molecule has 1 saturated heterocycles. The van der Waals surface area contributed by atoms with E-state index in [1.54, 1.807) is 30.2 Å². The molecule has 0 radical (unpaired) electrons. The summed E-state index contributed by atoms with van der Waals surface area (Å²) in [7, 11) is 1.67. The fourth-order valence-corrected chi connectivity index (χ4v) is 3.39. The van der Waals surface area contributed by atoms with E-state index >= 15 is 0 Å². The maximum absolute atomic E-state index is 13.8. The summed E-state index contributed by atoms with van der Waals surface area (Å²) in [5.74, 6) is 0.872. The van der Waals surface area contributed by atoms with Crippen LogP contribution in [0, 0.1) is 11.7 Å². The van der Waals surface area contributed by atoms with E-state index in [2.05, 4.69) is 12.1 Å². The van der Waals surface area contributed by atoms with Crippen molar-refractivity contribution in [2.75, 3.05) is 20.2 Å². The van der Waals surface area contributed by atoms with Gasteiger partial charge in [0.15, 0.2) is 0 Å². The zero-order valence-corrected chi connectivity index (χ0v) is 14.6. The summed E-state index contributed by atoms with van der Waals surface area (Å²) in [5.41, 5.74) is 1.49. The fraction of sp³-hybridized carbons (Fsp3) is 0.381. The predicted molar refractivity (Wildman–Crippen MR) is 96.3 cm³/mol. The summed E-state index contributed by atoms with van der Waals surface area (Å²) in [6.45, 7) is 1.42. The minimum atomic E-state index is -0.436. The molecule has 2 aromatic carbocycles. The Kier molecular flexibility index (Phi) is 5.69. The number of halogens is 1. The van der Waals surface area contributed by atoms with E-state index in [1.165, 1.54) is 11.6 Å². The molecule has 0 unspecified atom stereocenters. The monoisotopic (exact) mass is 341 g/mol. The Hall–Kier alpha value is -2.36. The Morgan fingerprint density at radius 2 is 1.80 bits per heavy atom. The van der Waals surface area contributed by atoms with E-state index in [0.717, 1.165) is 31.4 Å². The van der Waals surface area contributed by atoms with Gasteiger partial charge in [-0.1, -0.05) is 24.3 Å². The average molecular weight is 341 g/mol. The number of methoxy groups -OCH3 is 1. The number of ether oxygens (including phenoxy) is 1. The zero-order chi connectivity index (χ0) is 17.6. The van der Waals surface area contributed by atoms with Crippen LogP contribution in [0.2, 0.25) is 0 Å². The smallest absolute Gasteiger partial charge is 0.256 e. The Labute approximate surface area is 148 Å². The first-order chi connectivity index (χ1) is 12.2. The normalized spacial score (nSPS) is 15.2. The molecule has 0 saturated carbocycles. The summed E-state index contributed by atoms with van der Waals surface area (Å²) in [6.07, 6.45) is 4.12. The van der Waals surface area contributed by atoms with Gasteiger partial charge in [-0.3, -0.25) is 4.79 Å². The maximum atomic E-state index is 13.8. The Morgan fingerprint density at radius 1 is 1.12 bits per heavy atom. The highest BCUT2D eigenvalue weighted by Gasteiger charge is 2.24. The van der Waals surface area contributed by atoms with Gasteiger partial charge in [0, 0.05) is 13.1 Å². The molecule has 0 spiro atoms. The van der Waals surface area contributed by atoms with E-state index in [9.17, 15) is 9.18 Å². The molecule has 0 aliphatic carbocycles. The highest BCUT2D eigenvalue weighted by Crippen LogP contribution is 2.24. The van der Waals surface area contributed by atoms with Crippen molar-refractivity contribution in [3.63, 3.8) is 0 Å². The lowest BCUT2D eigenvalue weighted by atomic mass is 9.90. The van der Waals surface area contributed by atoms with Gasteiger partial charge >= 0.3 is 0 Å². The lowest BCUT2D eigenvalue weighted by Crippen LogP contribution is -2.38. The maximum Gasteiger partial charge on any atom is 0.256 e. The molecule has 3 nitrogen and oxygen atoms in total. The molecular weight excluding hydrogens is 317 g/mol. The van der Waals surface area contributed by atoms with Crippen LogP contribution in [0.3, 0.4) is 0 Å². The van der Waals surface area contributed by atoms with Crippen LogP contribution in [0.4, 0.5) is 4.39 Å². The van der Waals surface area contributed by atoms with Crippen LogP contribution in [-0.2, 0) is 6.42 Å². The third-order valence-electron chi connectivity index (χ3n) is 5.01. The molecule has 2 aromatic rings. The highest BCUT2D eigenvalue weighted by molar-refractivity contribution is 5.94. The fourth-order valence-electron chi connectivity index (χ4n) is 3.39. The molecule has 1 aliphatic rings. The van der Waals surface area contributed by atoms with E-state index in [-0.39, 0.29) is 11.5 Å². The van der Waals surface area contributed by atoms with Gasteiger partial charge in [0.1, 0.15) is 11.6 Å². The van der Waals surface area contributed by atoms with Gasteiger partial charge in [0.2, 0.25) is 0 Å². The molecule has 1 fully saturated rings. The van der Waals surface area contributed by atoms with Gasteiger partial charge < -0.3 is 9.64 Å². The minimum absolute atomic E-state index is 0.180. The SMILES string of the molecule is COc1ccc(CCC2CCN(C(=O)c3ccccc3F)CC2)cc1. The molecule has 0 atom stereocenters. The molecule has 1 amide bonds. The van der Waals surface area contributed by atoms with Crippen molar-refractivity contribution < 1.29 is 13.9 Å². The van der Waals surface area contributed by atoms with Crippen molar-refractivity contribution in [3.8, 4) is 5.75 Å². The molecule has 0 N–H and O–H groups in total. The van der Waals surface area contributed by atoms with Crippen LogP contribution in [0.5, 0.6) is 5.75 Å². The first-order valence-corrected chi connectivity index (χ1v) is 8.84. The van der Waals surface area contributed by atoms with Crippen LogP contribution >= 0.6 is 0 Å². The lowest BCUT2D eigenvalue weighted by Gasteiger charge is -2.32. The average Bonchev–Trinajstić information content (AvgIpc) is 2.67. The van der Waals surface area contributed by atoms with Crippen molar-refractivity contribution in [2.24, 2.45) is 5.92 Å². The van der Waals surface area contributed by atoms with Gasteiger partial charge in [-0.15, -0.1) is 0 Å². The Bertz CT molecular complexity index is 706. The van der Waals surface area contributed by atoms with Gasteiger partial charge in [-0.25, -0.2) is 4.39 Å². The summed E-state index contributed by atoms with van der Waals surface area (Å²) in [6, 6.07) is 14.4. The number of aryl methyl sites for hydroxylation is 1. The first kappa shape index (κ1) is 17.5. The second-order valence-corrected chi connectivity index (χ2v) is 6.60. The number of likely N-dealkylation sites (tertiary alicyclic amines) is 1. The third kappa shape index (κ3) is 4.38. The van der Waals surface area contributed by atoms with Gasteiger partial charge in [0.05, 0.1) is 12.7 Å². The Morgan fingerprint density at radius 3 is 2.44 bits per heavy atom. The number of amides is 1. The summed E-state index contributed by atoms with van der Waals surface area (Å²) >= 11 is 0. The van der Waals surface area contributed by atoms with Crippen LogP contribution in [0.15, 0.2) is 48.5 Å². The van der Waals surface area contributed by atoms with Crippen molar-refractivity contribution in [2.45, 2.75) is 25.7 Å². The molecule has 4 heteroatoms. The van der Waals surface area contributed by atoms with Crippen LogP contribution in [0.25, 0.3) is 0 Å². The van der Waals surface area contributed by atoms with Gasteiger partial charge in [-0.2, -0.15) is 0 Å². The van der Waals surface area contributed by atoms with E-state index in [1.807, 2.05) is 12.1 Å². The van der Waals surface area contributed by atoms with Crippen molar-refractivity contribution in [1.82, 2.24) is 4.90 Å². The van der Waals surface area contributed by atoms with E-state index in [0.29, 0.717) is 19.0 Å². The number of nitrogens with zero attached hydrogens (tertiary/aromatic N) is 1. The molecule has 132 valence electrons. The van der Waals surface area contributed by atoms with Gasteiger partial charge in [0.25, 0.3) is 5.91 Å². The van der Waals surface area contributed by atoms with E-state index < -0.39 is 5.82 Å². The van der Waals surface area contributed by atoms with Crippen LogP contribution in [0.1, 0.15) is 35.2 Å². The first-order valence-electron chi connectivity index (χ1n) is 8.84. The van der Waals surface area contributed by atoms with Crippen LogP contribution in [-0.4, -0.2) is 31.0 Å². The number of hydrogen-bond donors (Lipinski definition) is 0. The second kappa shape index (κ2) is 8.15. The molecular formula is C21H24FNO2. The van der Waals surface area contributed by atoms with Gasteiger partial charge in [-0.05, 0) is 61.4 Å². The lowest BCUT2D eigenvalue weighted by molar-refractivity contribution is 0.0682. The second-order valence-electron chi connectivity index (χ2n) is 6.60. The predicted octanol–water partition coefficient (Wildman–Crippen LogP) is 4.32. The van der Waals surface area contributed by atoms with Crippen molar-refractivity contribution >= 4 is 5.91 Å². The summed E-state index contributed by atoms with van der Waals surface area (Å²) in [4.78, 5) is 14.2. The number of hydrogen-bond acceptors (Lipinski definition) is 2. The summed E-state index contributed by atoms with van der Waals surface area (Å²) in [5, 5.41) is 0. The quantitative estimate of drug-likeness (QED) is 0.810. The minimum Gasteiger partial charge on any atom is -0.497 e. The molecule has 3 rings (SSSR count). The summed E-state index contributed by atoms with van der Waals surface area (Å²) < 4.78 is 19.0. The Balaban J connectivity index is 1.48. The molecule has 1 aliphatic heterocycles. The molecule has 25 heavy (non-hydrogen) atoms. The number of carbonyl (C=O) groups is 1. The molecule has 1 heterocycles. The standard InChI is InChI=1S/C21H24FNO2/c1-25-18-10-8-16(9-11-18)6-7-17-12-14-23(15-13-17)21(24)19-4-2-3-5-20(19)22/h2-5,8-11,17H,6-7,12-15H2,1H3. The number of carbonyl (C=O) groups excluding carboxylic acids is 1. The number of piperidine rings is 1. The van der Waals surface area contributed by atoms with Crippen molar-refractivity contribution in [1.29, 1.82) is 0 Å². The third-order valence-corrected chi connectivity index (χ3v) is 5.01. The molecule has 0 aromatic heterocycles.